The molecule has 0 unspecified atom stereocenters. The van der Waals surface area contributed by atoms with Gasteiger partial charge in [-0.25, -0.2) is 0 Å². The summed E-state index contributed by atoms with van der Waals surface area (Å²) in [5, 5.41) is 0. The standard InChI is InChI=1S/C8H13NO/c1-9-6-2-3-7(9)5-8(10)4-6/h6-7H,2-5H2,1H3/t6-,7+/i6D/m0/s1. The fraction of sp³-hybridized carbons (Fsp3) is 0.875. The molecule has 0 aliphatic carbocycles. The number of rotatable bonds is 0. The molecule has 2 heterocycles. The van der Waals surface area contributed by atoms with Gasteiger partial charge < -0.3 is 0 Å². The molecule has 56 valence electrons. The third kappa shape index (κ3) is 0.788. The van der Waals surface area contributed by atoms with Crippen molar-refractivity contribution < 1.29 is 6.17 Å². The maximum absolute atomic E-state index is 11.1. The number of carbonyl (C=O) groups is 1. The predicted octanol–water partition coefficient (Wildman–Crippen LogP) is 0.812. The number of nitrogens with zero attached hydrogens (tertiary/aromatic N) is 1. The second-order valence-electron chi connectivity index (χ2n) is 3.29. The number of hydrogen-bond acceptors (Lipinski definition) is 2. The van der Waals surface area contributed by atoms with Crippen LogP contribution < -0.4 is 0 Å². The van der Waals surface area contributed by atoms with Crippen molar-refractivity contribution in [3.63, 3.8) is 0 Å². The lowest BCUT2D eigenvalue weighted by atomic mass is 10.0. The van der Waals surface area contributed by atoms with Crippen LogP contribution in [-0.4, -0.2) is 29.8 Å². The summed E-state index contributed by atoms with van der Waals surface area (Å²) in [4.78, 5) is 13.2. The minimum atomic E-state index is -0.542. The molecule has 0 aromatic rings. The van der Waals surface area contributed by atoms with Crippen molar-refractivity contribution in [3.8, 4) is 0 Å². The molecule has 2 bridgehead atoms. The molecule has 2 heteroatoms. The van der Waals surface area contributed by atoms with E-state index >= 15 is 0 Å². The molecule has 0 amide bonds. The Hall–Kier alpha value is -0.370. The lowest BCUT2D eigenvalue weighted by Gasteiger charge is -2.29. The van der Waals surface area contributed by atoms with E-state index in [2.05, 4.69) is 4.90 Å². The van der Waals surface area contributed by atoms with Gasteiger partial charge in [-0.1, -0.05) is 0 Å². The van der Waals surface area contributed by atoms with Crippen molar-refractivity contribution in [3.05, 3.63) is 0 Å². The minimum Gasteiger partial charge on any atom is -0.300 e. The third-order valence-corrected chi connectivity index (χ3v) is 2.68. The fourth-order valence-electron chi connectivity index (χ4n) is 1.98. The van der Waals surface area contributed by atoms with Gasteiger partial charge in [-0.2, -0.15) is 0 Å². The van der Waals surface area contributed by atoms with Crippen LogP contribution in [0, 0.1) is 0 Å². The van der Waals surface area contributed by atoms with Crippen LogP contribution in [0.2, 0.25) is 0 Å². The molecule has 2 fully saturated rings. The first kappa shape index (κ1) is 5.30. The van der Waals surface area contributed by atoms with Gasteiger partial charge in [0.05, 0.1) is 0 Å². The zero-order chi connectivity index (χ0) is 8.06. The number of fused-ring (bicyclic) bond motifs is 2. The summed E-state index contributed by atoms with van der Waals surface area (Å²) in [6.07, 6.45) is 3.03. The minimum absolute atomic E-state index is 0.278. The zero-order valence-corrected chi connectivity index (χ0v) is 6.26. The number of ketones is 1. The predicted molar refractivity (Wildman–Crippen MR) is 38.8 cm³/mol. The second kappa shape index (κ2) is 2.06. The molecule has 0 saturated carbocycles. The van der Waals surface area contributed by atoms with Gasteiger partial charge in [-0.3, -0.25) is 9.69 Å². The van der Waals surface area contributed by atoms with E-state index in [1.165, 1.54) is 0 Å². The van der Waals surface area contributed by atoms with E-state index < -0.39 is 6.02 Å². The SMILES string of the molecule is [2H][C@]12CC[C@H](CC(=O)C1)N2C. The fourth-order valence-corrected chi connectivity index (χ4v) is 1.98. The molecule has 0 aromatic heterocycles. The van der Waals surface area contributed by atoms with Crippen LogP contribution in [0.25, 0.3) is 0 Å². The Morgan fingerprint density at radius 3 is 3.10 bits per heavy atom. The lowest BCUT2D eigenvalue weighted by molar-refractivity contribution is -0.123. The summed E-state index contributed by atoms with van der Waals surface area (Å²) in [7, 11) is 1.97. The van der Waals surface area contributed by atoms with E-state index in [1.54, 1.807) is 0 Å². The summed E-state index contributed by atoms with van der Waals surface area (Å²) in [5.74, 6) is 0.278. The van der Waals surface area contributed by atoms with Gasteiger partial charge in [0.25, 0.3) is 0 Å². The highest BCUT2D eigenvalue weighted by atomic mass is 16.1. The first-order valence-corrected chi connectivity index (χ1v) is 3.86. The van der Waals surface area contributed by atoms with Crippen molar-refractivity contribution in [2.24, 2.45) is 0 Å². The second-order valence-corrected chi connectivity index (χ2v) is 3.29. The molecule has 0 spiro atoms. The lowest BCUT2D eigenvalue weighted by Crippen LogP contribution is -2.39. The highest BCUT2D eigenvalue weighted by molar-refractivity contribution is 5.80. The van der Waals surface area contributed by atoms with Gasteiger partial charge in [0.1, 0.15) is 5.78 Å². The molecule has 2 rings (SSSR count). The molecule has 2 atom stereocenters. The summed E-state index contributed by atoms with van der Waals surface area (Å²) < 4.78 is 7.95. The Balaban J connectivity index is 2.27. The highest BCUT2D eigenvalue weighted by Gasteiger charge is 2.37. The van der Waals surface area contributed by atoms with Crippen LogP contribution >= 0.6 is 0 Å². The molecule has 2 saturated heterocycles. The van der Waals surface area contributed by atoms with Crippen molar-refractivity contribution in [2.45, 2.75) is 37.7 Å². The van der Waals surface area contributed by atoms with E-state index in [9.17, 15) is 4.79 Å². The van der Waals surface area contributed by atoms with Crippen molar-refractivity contribution >= 4 is 5.78 Å². The van der Waals surface area contributed by atoms with E-state index in [4.69, 9.17) is 1.37 Å². The summed E-state index contributed by atoms with van der Waals surface area (Å²) >= 11 is 0. The molecule has 2 aliphatic rings. The smallest absolute Gasteiger partial charge is 0.136 e. The van der Waals surface area contributed by atoms with E-state index in [-0.39, 0.29) is 5.78 Å². The van der Waals surface area contributed by atoms with Gasteiger partial charge >= 0.3 is 0 Å². The quantitative estimate of drug-likeness (QED) is 0.496. The van der Waals surface area contributed by atoms with Crippen molar-refractivity contribution in [2.75, 3.05) is 7.05 Å². The first-order valence-electron chi connectivity index (χ1n) is 4.36. The Kier molecular flexibility index (Phi) is 1.09. The highest BCUT2D eigenvalue weighted by Crippen LogP contribution is 2.31. The zero-order valence-electron chi connectivity index (χ0n) is 7.26. The van der Waals surface area contributed by atoms with Crippen LogP contribution in [0.4, 0.5) is 0 Å². The number of Topliss-reactive ketones (excluding diaryl/α,β-unsaturated/α-hetero) is 1. The van der Waals surface area contributed by atoms with Gasteiger partial charge in [0, 0.05) is 26.3 Å². The van der Waals surface area contributed by atoms with E-state index in [0.717, 1.165) is 12.8 Å². The number of hydrogen-bond donors (Lipinski definition) is 0. The van der Waals surface area contributed by atoms with Crippen LogP contribution in [0.3, 0.4) is 0 Å². The van der Waals surface area contributed by atoms with Crippen LogP contribution in [0.5, 0.6) is 0 Å². The topological polar surface area (TPSA) is 20.3 Å². The van der Waals surface area contributed by atoms with Gasteiger partial charge in [0.2, 0.25) is 0 Å². The molecular formula is C8H13NO. The van der Waals surface area contributed by atoms with Crippen LogP contribution in [-0.2, 0) is 4.79 Å². The summed E-state index contributed by atoms with van der Waals surface area (Å²) in [6, 6.07) is -0.172. The molecule has 0 N–H and O–H groups in total. The maximum atomic E-state index is 11.1. The van der Waals surface area contributed by atoms with Gasteiger partial charge in [-0.05, 0) is 19.9 Å². The third-order valence-electron chi connectivity index (χ3n) is 2.68. The molecular weight excluding hydrogens is 126 g/mol. The van der Waals surface area contributed by atoms with Gasteiger partial charge in [-0.15, -0.1) is 0 Å². The van der Waals surface area contributed by atoms with Crippen LogP contribution in [0.15, 0.2) is 0 Å². The first-order chi connectivity index (χ1) is 5.12. The average Bonchev–Trinajstić information content (AvgIpc) is 2.17. The molecule has 0 aromatic carbocycles. The van der Waals surface area contributed by atoms with E-state index in [1.807, 2.05) is 7.05 Å². The molecule has 0 radical (unpaired) electrons. The maximum Gasteiger partial charge on any atom is 0.136 e. The van der Waals surface area contributed by atoms with Crippen molar-refractivity contribution in [1.82, 2.24) is 4.90 Å². The molecule has 2 aliphatic heterocycles. The molecule has 10 heavy (non-hydrogen) atoms. The van der Waals surface area contributed by atoms with Crippen LogP contribution in [0.1, 0.15) is 27.1 Å². The van der Waals surface area contributed by atoms with E-state index in [0.29, 0.717) is 18.9 Å². The summed E-state index contributed by atoms with van der Waals surface area (Å²) in [5.41, 5.74) is 0. The largest absolute Gasteiger partial charge is 0.300 e. The Morgan fingerprint density at radius 1 is 1.60 bits per heavy atom. The number of carbonyl (C=O) groups excluding carboxylic acids is 1. The Morgan fingerprint density at radius 2 is 2.40 bits per heavy atom. The summed E-state index contributed by atoms with van der Waals surface area (Å²) in [6.45, 7) is 0. The number of piperidine rings is 1. The van der Waals surface area contributed by atoms with Crippen molar-refractivity contribution in [1.29, 1.82) is 0 Å². The molecule has 2 nitrogen and oxygen atoms in total. The average molecular weight is 140 g/mol. The monoisotopic (exact) mass is 140 g/mol. The Bertz CT molecular complexity index is 206. The normalized spacial score (nSPS) is 49.5. The Labute approximate surface area is 62.6 Å². The van der Waals surface area contributed by atoms with Gasteiger partial charge in [0.15, 0.2) is 0 Å².